The Morgan fingerprint density at radius 3 is 2.63 bits per heavy atom. The number of nitrogens with zero attached hydrogens (tertiary/aromatic N) is 3. The van der Waals surface area contributed by atoms with E-state index in [0.717, 1.165) is 23.5 Å². The van der Waals surface area contributed by atoms with Gasteiger partial charge in [0.25, 0.3) is 0 Å². The fourth-order valence-corrected chi connectivity index (χ4v) is 5.06. The topological polar surface area (TPSA) is 68.0 Å². The summed E-state index contributed by atoms with van der Waals surface area (Å²) in [5.41, 5.74) is 1.14. The van der Waals surface area contributed by atoms with Crippen molar-refractivity contribution in [2.75, 3.05) is 13.1 Å². The van der Waals surface area contributed by atoms with Gasteiger partial charge in [-0.2, -0.15) is 9.50 Å². The van der Waals surface area contributed by atoms with Crippen molar-refractivity contribution in [1.82, 2.24) is 14.6 Å². The molecule has 0 saturated carbocycles. The zero-order chi connectivity index (χ0) is 18.4. The summed E-state index contributed by atoms with van der Waals surface area (Å²) in [6.45, 7) is 2.16. The Morgan fingerprint density at radius 1 is 1.19 bits per heavy atom. The molecule has 0 bridgehead atoms. The highest BCUT2D eigenvalue weighted by molar-refractivity contribution is 7.17. The van der Waals surface area contributed by atoms with Gasteiger partial charge in [0.05, 0.1) is 19.4 Å². The highest BCUT2D eigenvalue weighted by Gasteiger charge is 2.34. The maximum absolute atomic E-state index is 10.9. The van der Waals surface area contributed by atoms with E-state index in [9.17, 15) is 5.11 Å². The van der Waals surface area contributed by atoms with Crippen LogP contribution in [-0.4, -0.2) is 32.8 Å². The number of furan rings is 1. The third-order valence-electron chi connectivity index (χ3n) is 5.06. The molecular formula is C19H18ClN4O2S+. The van der Waals surface area contributed by atoms with Crippen LogP contribution in [0.4, 0.5) is 0 Å². The standard InChI is InChI=1S/C19H17ClN4O2S/c20-13-7-5-12(6-8-13)15(23-9-1-2-10-23)16-18(25)24-19(27-16)21-17(22-24)14-4-3-11-26-14/h3-8,11,15,25H,1-2,9-10H2/p+1/t15-/m0/s1. The summed E-state index contributed by atoms with van der Waals surface area (Å²) < 4.78 is 6.88. The van der Waals surface area contributed by atoms with Crippen LogP contribution in [0.15, 0.2) is 47.1 Å². The minimum atomic E-state index is 0.0466. The van der Waals surface area contributed by atoms with Crippen LogP contribution < -0.4 is 4.90 Å². The van der Waals surface area contributed by atoms with Gasteiger partial charge < -0.3 is 14.4 Å². The second-order valence-electron chi connectivity index (χ2n) is 6.75. The molecular weight excluding hydrogens is 384 g/mol. The number of hydrogen-bond donors (Lipinski definition) is 2. The Balaban J connectivity index is 1.60. The number of benzene rings is 1. The highest BCUT2D eigenvalue weighted by atomic mass is 35.5. The molecule has 1 aromatic carbocycles. The Labute approximate surface area is 164 Å². The highest BCUT2D eigenvalue weighted by Crippen LogP contribution is 2.36. The molecule has 3 aromatic heterocycles. The summed E-state index contributed by atoms with van der Waals surface area (Å²) in [7, 11) is 0. The summed E-state index contributed by atoms with van der Waals surface area (Å²) in [6.07, 6.45) is 3.98. The van der Waals surface area contributed by atoms with Gasteiger partial charge in [0, 0.05) is 23.4 Å². The second kappa shape index (κ2) is 6.67. The Morgan fingerprint density at radius 2 is 1.96 bits per heavy atom. The number of nitrogens with one attached hydrogen (secondary N) is 1. The van der Waals surface area contributed by atoms with E-state index in [1.807, 2.05) is 30.3 Å². The summed E-state index contributed by atoms with van der Waals surface area (Å²) in [4.78, 5) is 7.53. The predicted molar refractivity (Wildman–Crippen MR) is 103 cm³/mol. The number of aromatic nitrogens is 3. The van der Waals surface area contributed by atoms with Crippen LogP contribution in [0, 0.1) is 0 Å². The van der Waals surface area contributed by atoms with Crippen molar-refractivity contribution in [3.8, 4) is 17.5 Å². The first-order valence-electron chi connectivity index (χ1n) is 8.93. The number of aromatic hydroxyl groups is 1. The van der Waals surface area contributed by atoms with Gasteiger partial charge in [0.15, 0.2) is 11.8 Å². The molecule has 138 valence electrons. The zero-order valence-corrected chi connectivity index (χ0v) is 16.0. The maximum atomic E-state index is 10.9. The number of thiazole rings is 1. The average Bonchev–Trinajstić information content (AvgIpc) is 3.44. The summed E-state index contributed by atoms with van der Waals surface area (Å²) in [6, 6.07) is 11.5. The van der Waals surface area contributed by atoms with Gasteiger partial charge in [-0.05, 0) is 24.3 Å². The minimum Gasteiger partial charge on any atom is -0.492 e. The molecule has 8 heteroatoms. The molecule has 0 amide bonds. The van der Waals surface area contributed by atoms with Crippen molar-refractivity contribution in [3.63, 3.8) is 0 Å². The number of rotatable bonds is 4. The molecule has 1 saturated heterocycles. The lowest BCUT2D eigenvalue weighted by Gasteiger charge is -2.24. The molecule has 0 aliphatic carbocycles. The average molecular weight is 402 g/mol. The fourth-order valence-electron chi connectivity index (χ4n) is 3.79. The number of fused-ring (bicyclic) bond motifs is 1. The molecule has 1 atom stereocenters. The van der Waals surface area contributed by atoms with Crippen molar-refractivity contribution in [3.05, 3.63) is 58.1 Å². The first kappa shape index (κ1) is 16.8. The van der Waals surface area contributed by atoms with Crippen LogP contribution in [0.2, 0.25) is 5.02 Å². The third kappa shape index (κ3) is 2.92. The first-order chi connectivity index (χ1) is 13.2. The van der Waals surface area contributed by atoms with Gasteiger partial charge in [-0.1, -0.05) is 35.1 Å². The van der Waals surface area contributed by atoms with E-state index in [2.05, 4.69) is 10.1 Å². The molecule has 1 aliphatic rings. The second-order valence-corrected chi connectivity index (χ2v) is 8.19. The molecule has 0 unspecified atom stereocenters. The number of halogens is 1. The van der Waals surface area contributed by atoms with Crippen molar-refractivity contribution < 1.29 is 14.4 Å². The molecule has 5 rings (SSSR count). The lowest BCUT2D eigenvalue weighted by Crippen LogP contribution is -3.10. The van der Waals surface area contributed by atoms with Gasteiger partial charge in [-0.25, -0.2) is 0 Å². The van der Waals surface area contributed by atoms with Crippen LogP contribution >= 0.6 is 22.9 Å². The van der Waals surface area contributed by atoms with Crippen LogP contribution in [0.25, 0.3) is 16.5 Å². The normalized spacial score (nSPS) is 16.3. The Hall–Kier alpha value is -2.35. The molecule has 27 heavy (non-hydrogen) atoms. The lowest BCUT2D eigenvalue weighted by atomic mass is 10.0. The van der Waals surface area contributed by atoms with Gasteiger partial charge in [0.2, 0.25) is 16.7 Å². The van der Waals surface area contributed by atoms with E-state index < -0.39 is 0 Å². The van der Waals surface area contributed by atoms with Crippen molar-refractivity contribution in [2.24, 2.45) is 0 Å². The summed E-state index contributed by atoms with van der Waals surface area (Å²) >= 11 is 7.56. The van der Waals surface area contributed by atoms with Crippen molar-refractivity contribution in [1.29, 1.82) is 0 Å². The van der Waals surface area contributed by atoms with Gasteiger partial charge in [0.1, 0.15) is 4.88 Å². The SMILES string of the molecule is Oc1c([C@H](c2ccc(Cl)cc2)[NH+]2CCCC2)sc2nc(-c3ccco3)nn12. The van der Waals surface area contributed by atoms with Gasteiger partial charge >= 0.3 is 0 Å². The molecule has 4 aromatic rings. The maximum Gasteiger partial charge on any atom is 0.235 e. The van der Waals surface area contributed by atoms with Crippen LogP contribution in [0.5, 0.6) is 5.88 Å². The first-order valence-corrected chi connectivity index (χ1v) is 10.1. The fraction of sp³-hybridized carbons (Fsp3) is 0.263. The van der Waals surface area contributed by atoms with E-state index >= 15 is 0 Å². The van der Waals surface area contributed by atoms with Crippen molar-refractivity contribution >= 4 is 27.9 Å². The van der Waals surface area contributed by atoms with Crippen molar-refractivity contribution in [2.45, 2.75) is 18.9 Å². The van der Waals surface area contributed by atoms with E-state index in [4.69, 9.17) is 16.0 Å². The molecule has 1 fully saturated rings. The predicted octanol–water partition coefficient (Wildman–Crippen LogP) is 3.18. The Kier molecular flexibility index (Phi) is 4.15. The molecule has 0 spiro atoms. The zero-order valence-electron chi connectivity index (χ0n) is 14.4. The van der Waals surface area contributed by atoms with Crippen LogP contribution in [0.1, 0.15) is 29.3 Å². The number of hydrogen-bond acceptors (Lipinski definition) is 5. The van der Waals surface area contributed by atoms with E-state index in [1.54, 1.807) is 12.3 Å². The van der Waals surface area contributed by atoms with E-state index in [0.29, 0.717) is 21.6 Å². The number of quaternary nitrogens is 1. The summed E-state index contributed by atoms with van der Waals surface area (Å²) in [5, 5.41) is 16.1. The van der Waals surface area contributed by atoms with E-state index in [-0.39, 0.29) is 11.9 Å². The molecule has 6 nitrogen and oxygen atoms in total. The van der Waals surface area contributed by atoms with Crippen LogP contribution in [-0.2, 0) is 0 Å². The molecule has 0 radical (unpaired) electrons. The largest absolute Gasteiger partial charge is 0.492 e. The summed E-state index contributed by atoms with van der Waals surface area (Å²) in [5.74, 6) is 1.22. The van der Waals surface area contributed by atoms with Gasteiger partial charge in [-0.3, -0.25) is 0 Å². The quantitative estimate of drug-likeness (QED) is 0.551. The number of likely N-dealkylation sites (tertiary alicyclic amines) is 1. The monoisotopic (exact) mass is 401 g/mol. The molecule has 4 heterocycles. The molecule has 2 N–H and O–H groups in total. The lowest BCUT2D eigenvalue weighted by molar-refractivity contribution is -0.913. The minimum absolute atomic E-state index is 0.0466. The Bertz CT molecular complexity index is 1070. The van der Waals surface area contributed by atoms with Gasteiger partial charge in [-0.15, -0.1) is 5.10 Å². The van der Waals surface area contributed by atoms with Crippen LogP contribution in [0.3, 0.4) is 0 Å². The van der Waals surface area contributed by atoms with E-state index in [1.165, 1.54) is 33.6 Å². The smallest absolute Gasteiger partial charge is 0.235 e. The third-order valence-corrected chi connectivity index (χ3v) is 6.40. The molecule has 1 aliphatic heterocycles.